The molecular formula is C14H21N3O2. The largest absolute Gasteiger partial charge is 0.399 e. The average Bonchev–Trinajstić information content (AvgIpc) is 2.46. The van der Waals surface area contributed by atoms with Crippen molar-refractivity contribution in [2.45, 2.75) is 12.8 Å². The summed E-state index contributed by atoms with van der Waals surface area (Å²) in [6.07, 6.45) is 1.72. The number of piperidine rings is 1. The zero-order valence-electron chi connectivity index (χ0n) is 11.5. The van der Waals surface area contributed by atoms with Crippen LogP contribution < -0.4 is 10.6 Å². The lowest BCUT2D eigenvalue weighted by Gasteiger charge is -2.34. The minimum Gasteiger partial charge on any atom is -0.399 e. The van der Waals surface area contributed by atoms with Gasteiger partial charge in [-0.15, -0.1) is 0 Å². The Morgan fingerprint density at radius 3 is 2.42 bits per heavy atom. The van der Waals surface area contributed by atoms with Gasteiger partial charge in [0.15, 0.2) is 0 Å². The van der Waals surface area contributed by atoms with E-state index < -0.39 is 0 Å². The molecule has 19 heavy (non-hydrogen) atoms. The Kier molecular flexibility index (Phi) is 4.27. The number of nitrogen functional groups attached to an aromatic ring is 1. The lowest BCUT2D eigenvalue weighted by atomic mass is 9.95. The van der Waals surface area contributed by atoms with E-state index in [4.69, 9.17) is 10.6 Å². The van der Waals surface area contributed by atoms with Crippen molar-refractivity contribution in [1.82, 2.24) is 5.06 Å². The summed E-state index contributed by atoms with van der Waals surface area (Å²) in [7, 11) is 3.18. The van der Waals surface area contributed by atoms with Crippen LogP contribution in [0.4, 0.5) is 11.4 Å². The van der Waals surface area contributed by atoms with Crippen LogP contribution in [0.25, 0.3) is 0 Å². The second-order valence-electron chi connectivity index (χ2n) is 4.87. The molecule has 1 aliphatic rings. The predicted molar refractivity (Wildman–Crippen MR) is 75.6 cm³/mol. The Morgan fingerprint density at radius 1 is 1.32 bits per heavy atom. The minimum absolute atomic E-state index is 0.0648. The molecular weight excluding hydrogens is 242 g/mol. The SMILES string of the molecule is CON(C)C(=O)C1CCN(c2ccc(N)cc2)CC1. The number of amides is 1. The summed E-state index contributed by atoms with van der Waals surface area (Å²) in [4.78, 5) is 19.2. The summed E-state index contributed by atoms with van der Waals surface area (Å²) in [5.41, 5.74) is 7.62. The summed E-state index contributed by atoms with van der Waals surface area (Å²) < 4.78 is 0. The van der Waals surface area contributed by atoms with Crippen LogP contribution in [0, 0.1) is 5.92 Å². The Morgan fingerprint density at radius 2 is 1.89 bits per heavy atom. The molecule has 0 aromatic heterocycles. The zero-order chi connectivity index (χ0) is 13.8. The van der Waals surface area contributed by atoms with E-state index in [1.54, 1.807) is 7.05 Å². The molecule has 1 fully saturated rings. The van der Waals surface area contributed by atoms with Crippen molar-refractivity contribution >= 4 is 17.3 Å². The van der Waals surface area contributed by atoms with Crippen LogP contribution in [-0.4, -0.2) is 38.2 Å². The van der Waals surface area contributed by atoms with E-state index in [0.29, 0.717) is 0 Å². The summed E-state index contributed by atoms with van der Waals surface area (Å²) >= 11 is 0. The summed E-state index contributed by atoms with van der Waals surface area (Å²) in [6.45, 7) is 1.77. The fraction of sp³-hybridized carbons (Fsp3) is 0.500. The first kappa shape index (κ1) is 13.7. The van der Waals surface area contributed by atoms with Gasteiger partial charge in [-0.3, -0.25) is 9.63 Å². The number of anilines is 2. The molecule has 2 rings (SSSR count). The molecule has 1 heterocycles. The number of hydrogen-bond donors (Lipinski definition) is 1. The number of hydrogen-bond acceptors (Lipinski definition) is 4. The summed E-state index contributed by atoms with van der Waals surface area (Å²) in [5.74, 6) is 0.134. The van der Waals surface area contributed by atoms with Crippen LogP contribution in [-0.2, 0) is 9.63 Å². The van der Waals surface area contributed by atoms with Gasteiger partial charge in [-0.05, 0) is 37.1 Å². The molecule has 1 amide bonds. The van der Waals surface area contributed by atoms with Crippen molar-refractivity contribution in [3.63, 3.8) is 0 Å². The van der Waals surface area contributed by atoms with Gasteiger partial charge in [0.1, 0.15) is 0 Å². The van der Waals surface area contributed by atoms with Crippen LogP contribution in [0.5, 0.6) is 0 Å². The molecule has 104 valence electrons. The molecule has 1 saturated heterocycles. The minimum atomic E-state index is 0.0648. The highest BCUT2D eigenvalue weighted by Crippen LogP contribution is 2.25. The predicted octanol–water partition coefficient (Wildman–Crippen LogP) is 1.50. The maximum absolute atomic E-state index is 12.0. The highest BCUT2D eigenvalue weighted by atomic mass is 16.7. The fourth-order valence-corrected chi connectivity index (χ4v) is 2.42. The van der Waals surface area contributed by atoms with E-state index in [1.165, 1.54) is 17.9 Å². The number of hydroxylamine groups is 2. The molecule has 0 saturated carbocycles. The second kappa shape index (κ2) is 5.93. The van der Waals surface area contributed by atoms with Crippen molar-refractivity contribution in [1.29, 1.82) is 0 Å². The second-order valence-corrected chi connectivity index (χ2v) is 4.87. The smallest absolute Gasteiger partial charge is 0.249 e. The zero-order valence-corrected chi connectivity index (χ0v) is 11.5. The van der Waals surface area contributed by atoms with E-state index in [2.05, 4.69) is 4.90 Å². The maximum atomic E-state index is 12.0. The van der Waals surface area contributed by atoms with E-state index in [0.717, 1.165) is 31.6 Å². The van der Waals surface area contributed by atoms with Gasteiger partial charge in [-0.2, -0.15) is 0 Å². The molecule has 1 aromatic rings. The topological polar surface area (TPSA) is 58.8 Å². The van der Waals surface area contributed by atoms with Crippen LogP contribution in [0.3, 0.4) is 0 Å². The van der Waals surface area contributed by atoms with Crippen LogP contribution in [0.2, 0.25) is 0 Å². The molecule has 0 unspecified atom stereocenters. The van der Waals surface area contributed by atoms with Crippen molar-refractivity contribution < 1.29 is 9.63 Å². The van der Waals surface area contributed by atoms with Crippen molar-refractivity contribution in [2.75, 3.05) is 37.9 Å². The summed E-state index contributed by atoms with van der Waals surface area (Å²) in [5, 5.41) is 1.32. The van der Waals surface area contributed by atoms with Crippen molar-refractivity contribution in [3.8, 4) is 0 Å². The molecule has 0 radical (unpaired) electrons. The maximum Gasteiger partial charge on any atom is 0.249 e. The average molecular weight is 263 g/mol. The Bertz CT molecular complexity index is 425. The first-order chi connectivity index (χ1) is 9.11. The highest BCUT2D eigenvalue weighted by Gasteiger charge is 2.27. The third kappa shape index (κ3) is 3.17. The third-order valence-corrected chi connectivity index (χ3v) is 3.69. The number of nitrogens with zero attached hydrogens (tertiary/aromatic N) is 2. The van der Waals surface area contributed by atoms with E-state index in [9.17, 15) is 4.79 Å². The van der Waals surface area contributed by atoms with Gasteiger partial charge in [0.25, 0.3) is 0 Å². The molecule has 1 aromatic carbocycles. The summed E-state index contributed by atoms with van der Waals surface area (Å²) in [6, 6.07) is 7.87. The van der Waals surface area contributed by atoms with E-state index in [-0.39, 0.29) is 11.8 Å². The van der Waals surface area contributed by atoms with Crippen LogP contribution in [0.1, 0.15) is 12.8 Å². The molecule has 5 heteroatoms. The number of carbonyl (C=O) groups is 1. The van der Waals surface area contributed by atoms with Crippen LogP contribution in [0.15, 0.2) is 24.3 Å². The molecule has 0 spiro atoms. The lowest BCUT2D eigenvalue weighted by Crippen LogP contribution is -2.41. The van der Waals surface area contributed by atoms with Gasteiger partial charge in [0.05, 0.1) is 7.11 Å². The molecule has 5 nitrogen and oxygen atoms in total. The van der Waals surface area contributed by atoms with E-state index in [1.807, 2.05) is 24.3 Å². The highest BCUT2D eigenvalue weighted by molar-refractivity contribution is 5.78. The molecule has 1 aliphatic heterocycles. The first-order valence-corrected chi connectivity index (χ1v) is 6.54. The van der Waals surface area contributed by atoms with Crippen molar-refractivity contribution in [2.24, 2.45) is 5.92 Å². The standard InChI is InChI=1S/C14H21N3O2/c1-16(19-2)14(18)11-7-9-17(10-8-11)13-5-3-12(15)4-6-13/h3-6,11H,7-10,15H2,1-2H3. The molecule has 0 bridgehead atoms. The lowest BCUT2D eigenvalue weighted by molar-refractivity contribution is -0.174. The normalized spacial score (nSPS) is 16.4. The first-order valence-electron chi connectivity index (χ1n) is 6.54. The molecule has 2 N–H and O–H groups in total. The number of benzene rings is 1. The number of nitrogens with two attached hydrogens (primary N) is 1. The number of rotatable bonds is 3. The monoisotopic (exact) mass is 263 g/mol. The van der Waals surface area contributed by atoms with Crippen molar-refractivity contribution in [3.05, 3.63) is 24.3 Å². The van der Waals surface area contributed by atoms with Gasteiger partial charge in [-0.25, -0.2) is 5.06 Å². The van der Waals surface area contributed by atoms with Gasteiger partial charge in [0.2, 0.25) is 5.91 Å². The Hall–Kier alpha value is -1.75. The Labute approximate surface area is 113 Å². The van der Waals surface area contributed by atoms with E-state index >= 15 is 0 Å². The van der Waals surface area contributed by atoms with Crippen LogP contribution >= 0.6 is 0 Å². The molecule has 0 aliphatic carbocycles. The third-order valence-electron chi connectivity index (χ3n) is 3.69. The van der Waals surface area contributed by atoms with Gasteiger partial charge >= 0.3 is 0 Å². The fourth-order valence-electron chi connectivity index (χ4n) is 2.42. The molecule has 0 atom stereocenters. The van der Waals surface area contributed by atoms with Gasteiger partial charge in [0, 0.05) is 37.4 Å². The van der Waals surface area contributed by atoms with Gasteiger partial charge in [-0.1, -0.05) is 0 Å². The Balaban J connectivity index is 1.92. The quantitative estimate of drug-likeness (QED) is 0.663. The van der Waals surface area contributed by atoms with Gasteiger partial charge < -0.3 is 10.6 Å². The number of carbonyl (C=O) groups excluding carboxylic acids is 1.